The highest BCUT2D eigenvalue weighted by Gasteiger charge is 2.23. The zero-order valence-corrected chi connectivity index (χ0v) is 22.8. The lowest BCUT2D eigenvalue weighted by Crippen LogP contribution is -2.35. The van der Waals surface area contributed by atoms with Crippen LogP contribution in [0.2, 0.25) is 0 Å². The molecule has 4 aromatic rings. The third-order valence-corrected chi connectivity index (χ3v) is 6.23. The Balaban J connectivity index is 1.49. The van der Waals surface area contributed by atoms with E-state index in [2.05, 4.69) is 41.5 Å². The van der Waals surface area contributed by atoms with Crippen LogP contribution >= 0.6 is 15.9 Å². The smallest absolute Gasteiger partial charge is 0.268 e. The van der Waals surface area contributed by atoms with Gasteiger partial charge >= 0.3 is 0 Å². The molecule has 4 rings (SSSR count). The van der Waals surface area contributed by atoms with Crippen molar-refractivity contribution in [3.05, 3.63) is 64.0 Å². The maximum Gasteiger partial charge on any atom is 0.268 e. The van der Waals surface area contributed by atoms with Crippen molar-refractivity contribution in [3.8, 4) is 28.5 Å². The number of aromatic nitrogens is 4. The van der Waals surface area contributed by atoms with Gasteiger partial charge in [0, 0.05) is 23.1 Å². The number of ether oxygens (including phenoxy) is 1. The van der Waals surface area contributed by atoms with Crippen LogP contribution in [-0.2, 0) is 0 Å². The highest BCUT2D eigenvalue weighted by Crippen LogP contribution is 2.34. The molecule has 0 fully saturated rings. The van der Waals surface area contributed by atoms with E-state index in [0.29, 0.717) is 33.9 Å². The van der Waals surface area contributed by atoms with Crippen molar-refractivity contribution >= 4 is 21.8 Å². The second-order valence-corrected chi connectivity index (χ2v) is 9.83. The van der Waals surface area contributed by atoms with Crippen molar-refractivity contribution in [1.29, 1.82) is 0 Å². The van der Waals surface area contributed by atoms with Gasteiger partial charge in [0.2, 0.25) is 17.5 Å². The average Bonchev–Trinajstić information content (AvgIpc) is 3.58. The van der Waals surface area contributed by atoms with E-state index in [1.165, 1.54) is 12.1 Å². The molecule has 2 N–H and O–H groups in total. The number of aliphatic hydroxyl groups is 1. The van der Waals surface area contributed by atoms with E-state index in [1.54, 1.807) is 13.0 Å². The predicted octanol–water partition coefficient (Wildman–Crippen LogP) is 5.45. The Morgan fingerprint density at radius 3 is 2.26 bits per heavy atom. The number of rotatable bonds is 10. The van der Waals surface area contributed by atoms with E-state index in [0.717, 1.165) is 11.6 Å². The van der Waals surface area contributed by atoms with Crippen LogP contribution in [0.4, 0.5) is 4.39 Å². The van der Waals surface area contributed by atoms with Gasteiger partial charge < -0.3 is 24.2 Å². The van der Waals surface area contributed by atoms with Crippen LogP contribution in [0, 0.1) is 5.82 Å². The van der Waals surface area contributed by atoms with E-state index in [9.17, 15) is 9.18 Å². The monoisotopic (exact) mass is 587 g/mol. The van der Waals surface area contributed by atoms with Gasteiger partial charge in [-0.25, -0.2) is 4.39 Å². The molecule has 2 atom stereocenters. The van der Waals surface area contributed by atoms with Gasteiger partial charge in [0.25, 0.3) is 11.8 Å². The number of carbonyl (C=O) groups excluding carboxylic acids is 1. The molecule has 2 aromatic carbocycles. The molecule has 0 aliphatic heterocycles. The summed E-state index contributed by atoms with van der Waals surface area (Å²) in [4.78, 5) is 21.0. The van der Waals surface area contributed by atoms with E-state index in [1.807, 2.05) is 32.9 Å². The van der Waals surface area contributed by atoms with Gasteiger partial charge in [0.15, 0.2) is 6.10 Å². The Bertz CT molecular complexity index is 1420. The molecule has 2 heterocycles. The van der Waals surface area contributed by atoms with Gasteiger partial charge in [-0.1, -0.05) is 37.2 Å². The quantitative estimate of drug-likeness (QED) is 0.248. The molecule has 0 bridgehead atoms. The summed E-state index contributed by atoms with van der Waals surface area (Å²) >= 11 is 3.53. The zero-order valence-electron chi connectivity index (χ0n) is 21.2. The average molecular weight is 588 g/mol. The van der Waals surface area contributed by atoms with Crippen LogP contribution in [0.3, 0.4) is 0 Å². The normalized spacial score (nSPS) is 12.9. The fraction of sp³-hybridized carbons (Fsp3) is 0.346. The van der Waals surface area contributed by atoms with Gasteiger partial charge in [-0.05, 0) is 59.6 Å². The maximum atomic E-state index is 14.6. The summed E-state index contributed by atoms with van der Waals surface area (Å²) in [6.45, 7) is 7.22. The molecule has 1 unspecified atom stereocenters. The first kappa shape index (κ1) is 27.4. The zero-order chi connectivity index (χ0) is 27.4. The summed E-state index contributed by atoms with van der Waals surface area (Å²) < 4.78 is 32.2. The molecule has 0 saturated carbocycles. The largest absolute Gasteiger partial charge is 0.479 e. The second kappa shape index (κ2) is 11.8. The molecule has 2 aromatic heterocycles. The number of nitrogens with one attached hydrogen (secondary N) is 1. The van der Waals surface area contributed by atoms with Gasteiger partial charge in [0.1, 0.15) is 11.6 Å². The molecule has 0 spiro atoms. The lowest BCUT2D eigenvalue weighted by atomic mass is 10.1. The maximum absolute atomic E-state index is 14.6. The van der Waals surface area contributed by atoms with Crippen LogP contribution in [0.1, 0.15) is 68.3 Å². The number of hydrogen-bond donors (Lipinski definition) is 2. The summed E-state index contributed by atoms with van der Waals surface area (Å²) in [6, 6.07) is 8.95. The van der Waals surface area contributed by atoms with Crippen LogP contribution in [0.5, 0.6) is 5.75 Å². The third kappa shape index (κ3) is 6.08. The van der Waals surface area contributed by atoms with Crippen molar-refractivity contribution < 1.29 is 28.1 Å². The Labute approximate surface area is 226 Å². The van der Waals surface area contributed by atoms with Crippen LogP contribution in [0.15, 0.2) is 49.9 Å². The van der Waals surface area contributed by atoms with Crippen molar-refractivity contribution in [2.45, 2.75) is 52.2 Å². The minimum absolute atomic E-state index is 0.126. The lowest BCUT2D eigenvalue weighted by molar-refractivity contribution is 0.0918. The summed E-state index contributed by atoms with van der Waals surface area (Å²) in [5.41, 5.74) is 0.950. The number of aliphatic hydroxyl groups excluding tert-OH is 1. The molecule has 0 aliphatic carbocycles. The topological polar surface area (TPSA) is 136 Å². The first-order chi connectivity index (χ1) is 18.2. The standard InChI is InChI=1S/C26H27BrFN5O5/c1-5-20(36-21-9-7-15(10-18(21)27)22-30-25(13(2)3)37-32-22)26-31-23(33-38-26)16-6-8-17(19(28)11-16)24(35)29-14(4)12-34/h6-11,13-14,20,34H,5,12H2,1-4H3,(H,29,35)/t14-,20?/m1/s1. The van der Waals surface area contributed by atoms with Crippen molar-refractivity contribution in [1.82, 2.24) is 25.6 Å². The molecule has 0 radical (unpaired) electrons. The first-order valence-electron chi connectivity index (χ1n) is 12.1. The Hall–Kier alpha value is -3.64. The number of benzene rings is 2. The van der Waals surface area contributed by atoms with E-state index in [4.69, 9.17) is 18.9 Å². The molecule has 0 saturated heterocycles. The Morgan fingerprint density at radius 2 is 1.68 bits per heavy atom. The molecule has 12 heteroatoms. The third-order valence-electron chi connectivity index (χ3n) is 5.61. The van der Waals surface area contributed by atoms with Gasteiger partial charge in [-0.15, -0.1) is 0 Å². The number of nitrogens with zero attached hydrogens (tertiary/aromatic N) is 4. The number of amides is 1. The lowest BCUT2D eigenvalue weighted by Gasteiger charge is -2.15. The summed E-state index contributed by atoms with van der Waals surface area (Å²) in [6.07, 6.45) is -0.0412. The van der Waals surface area contributed by atoms with Crippen LogP contribution in [-0.4, -0.2) is 43.9 Å². The molecule has 200 valence electrons. The van der Waals surface area contributed by atoms with E-state index >= 15 is 0 Å². The molecule has 38 heavy (non-hydrogen) atoms. The van der Waals surface area contributed by atoms with E-state index in [-0.39, 0.29) is 29.8 Å². The summed E-state index contributed by atoms with van der Waals surface area (Å²) in [7, 11) is 0. The Kier molecular flexibility index (Phi) is 8.52. The van der Waals surface area contributed by atoms with Gasteiger partial charge in [-0.3, -0.25) is 4.79 Å². The summed E-state index contributed by atoms with van der Waals surface area (Å²) in [5.74, 6) is 0.720. The number of carbonyl (C=O) groups is 1. The molecular weight excluding hydrogens is 561 g/mol. The molecular formula is C26H27BrFN5O5. The molecule has 0 aliphatic rings. The van der Waals surface area contributed by atoms with Gasteiger partial charge in [0.05, 0.1) is 16.6 Å². The van der Waals surface area contributed by atoms with Crippen molar-refractivity contribution in [2.75, 3.05) is 6.61 Å². The first-order valence-corrected chi connectivity index (χ1v) is 12.8. The minimum atomic E-state index is -0.745. The highest BCUT2D eigenvalue weighted by atomic mass is 79.9. The number of halogens is 2. The van der Waals surface area contributed by atoms with Gasteiger partial charge in [-0.2, -0.15) is 9.97 Å². The minimum Gasteiger partial charge on any atom is -0.479 e. The summed E-state index contributed by atoms with van der Waals surface area (Å²) in [5, 5.41) is 19.6. The second-order valence-electron chi connectivity index (χ2n) is 8.98. The SMILES string of the molecule is CCC(Oc1ccc(-c2noc(C(C)C)n2)cc1Br)c1nc(-c2ccc(C(=O)N[C@H](C)CO)c(F)c2)no1. The molecule has 10 nitrogen and oxygen atoms in total. The molecule has 1 amide bonds. The Morgan fingerprint density at radius 1 is 1.05 bits per heavy atom. The fourth-order valence-electron chi connectivity index (χ4n) is 3.45. The van der Waals surface area contributed by atoms with Crippen LogP contribution < -0.4 is 10.1 Å². The van der Waals surface area contributed by atoms with Crippen molar-refractivity contribution in [3.63, 3.8) is 0 Å². The number of hydrogen-bond acceptors (Lipinski definition) is 9. The van der Waals surface area contributed by atoms with Crippen molar-refractivity contribution in [2.24, 2.45) is 0 Å². The predicted molar refractivity (Wildman–Crippen MR) is 139 cm³/mol. The fourth-order valence-corrected chi connectivity index (χ4v) is 3.93. The van der Waals surface area contributed by atoms with E-state index < -0.39 is 23.9 Å². The highest BCUT2D eigenvalue weighted by molar-refractivity contribution is 9.10. The van der Waals surface area contributed by atoms with Crippen LogP contribution in [0.25, 0.3) is 22.8 Å².